The van der Waals surface area contributed by atoms with Crippen LogP contribution in [0.15, 0.2) is 5.11 Å². The van der Waals surface area contributed by atoms with E-state index in [9.17, 15) is 4.79 Å². The average Bonchev–Trinajstić information content (AvgIpc) is 2.42. The molecule has 0 aliphatic rings. The molecule has 1 amide bonds. The number of amides is 1. The summed E-state index contributed by atoms with van der Waals surface area (Å²) in [6.45, 7) is 1.75. The number of hydrogen-bond acceptors (Lipinski definition) is 4. The van der Waals surface area contributed by atoms with Crippen molar-refractivity contribution in [1.82, 2.24) is 4.90 Å². The summed E-state index contributed by atoms with van der Waals surface area (Å²) >= 11 is 5.64. The number of hydrogen-bond donors (Lipinski definition) is 0. The molecule has 19 heavy (non-hydrogen) atoms. The standard InChI is InChI=1S/C11H21ClN4O3/c1-18-9-7-16(10-12)11(17)19-8-5-3-2-4-6-14-15-13/h2-10H2,1H3. The van der Waals surface area contributed by atoms with E-state index in [2.05, 4.69) is 10.0 Å². The van der Waals surface area contributed by atoms with Crippen LogP contribution in [0.25, 0.3) is 10.4 Å². The summed E-state index contributed by atoms with van der Waals surface area (Å²) in [7, 11) is 1.56. The van der Waals surface area contributed by atoms with Crippen molar-refractivity contribution in [2.45, 2.75) is 25.7 Å². The first-order valence-corrected chi connectivity index (χ1v) is 6.77. The monoisotopic (exact) mass is 292 g/mol. The van der Waals surface area contributed by atoms with Gasteiger partial charge in [-0.2, -0.15) is 0 Å². The summed E-state index contributed by atoms with van der Waals surface area (Å²) in [4.78, 5) is 15.6. The number of azide groups is 1. The fourth-order valence-corrected chi connectivity index (χ4v) is 1.55. The van der Waals surface area contributed by atoms with Crippen LogP contribution >= 0.6 is 11.6 Å². The smallest absolute Gasteiger partial charge is 0.410 e. The molecule has 0 unspecified atom stereocenters. The van der Waals surface area contributed by atoms with Crippen molar-refractivity contribution in [3.05, 3.63) is 10.4 Å². The summed E-state index contributed by atoms with van der Waals surface area (Å²) in [6, 6.07) is 0.0916. The van der Waals surface area contributed by atoms with Gasteiger partial charge >= 0.3 is 6.09 Å². The van der Waals surface area contributed by atoms with Crippen LogP contribution in [0.5, 0.6) is 0 Å². The van der Waals surface area contributed by atoms with Crippen molar-refractivity contribution < 1.29 is 14.3 Å². The zero-order valence-corrected chi connectivity index (χ0v) is 12.0. The van der Waals surface area contributed by atoms with E-state index in [1.807, 2.05) is 0 Å². The Hall–Kier alpha value is -1.17. The quantitative estimate of drug-likeness (QED) is 0.146. The molecule has 0 spiro atoms. The highest BCUT2D eigenvalue weighted by Gasteiger charge is 2.12. The molecule has 0 aromatic carbocycles. The van der Waals surface area contributed by atoms with Crippen molar-refractivity contribution in [3.63, 3.8) is 0 Å². The lowest BCUT2D eigenvalue weighted by Gasteiger charge is -2.18. The highest BCUT2D eigenvalue weighted by Crippen LogP contribution is 2.03. The topological polar surface area (TPSA) is 87.5 Å². The van der Waals surface area contributed by atoms with Gasteiger partial charge in [0.1, 0.15) is 0 Å². The van der Waals surface area contributed by atoms with Gasteiger partial charge in [0.05, 0.1) is 19.2 Å². The Kier molecular flexibility index (Phi) is 12.4. The minimum absolute atomic E-state index is 0.0916. The van der Waals surface area contributed by atoms with Crippen LogP contribution in [-0.2, 0) is 9.47 Å². The number of ether oxygens (including phenoxy) is 2. The van der Waals surface area contributed by atoms with E-state index in [0.29, 0.717) is 26.3 Å². The highest BCUT2D eigenvalue weighted by atomic mass is 35.5. The molecule has 0 heterocycles. The van der Waals surface area contributed by atoms with E-state index in [0.717, 1.165) is 25.7 Å². The summed E-state index contributed by atoms with van der Waals surface area (Å²) in [5, 5.41) is 3.44. The molecule has 0 saturated heterocycles. The highest BCUT2D eigenvalue weighted by molar-refractivity contribution is 6.18. The Morgan fingerprint density at radius 3 is 2.68 bits per heavy atom. The Labute approximate surface area is 118 Å². The summed E-state index contributed by atoms with van der Waals surface area (Å²) in [5.74, 6) is 0. The molecule has 0 aliphatic heterocycles. The predicted octanol–water partition coefficient (Wildman–Crippen LogP) is 3.14. The molecule has 0 N–H and O–H groups in total. The second-order valence-corrected chi connectivity index (χ2v) is 4.10. The maximum absolute atomic E-state index is 11.6. The van der Waals surface area contributed by atoms with Gasteiger partial charge in [-0.25, -0.2) is 4.79 Å². The minimum atomic E-state index is -0.416. The first kappa shape index (κ1) is 17.8. The van der Waals surface area contributed by atoms with Gasteiger partial charge in [-0.3, -0.25) is 4.90 Å². The van der Waals surface area contributed by atoms with Crippen LogP contribution in [0.4, 0.5) is 4.79 Å². The maximum atomic E-state index is 11.6. The molecule has 0 aliphatic carbocycles. The first-order chi connectivity index (χ1) is 9.26. The van der Waals surface area contributed by atoms with E-state index >= 15 is 0 Å². The third-order valence-corrected chi connectivity index (χ3v) is 2.70. The molecule has 7 nitrogen and oxygen atoms in total. The van der Waals surface area contributed by atoms with Crippen LogP contribution in [0.1, 0.15) is 25.7 Å². The van der Waals surface area contributed by atoms with Gasteiger partial charge in [-0.15, -0.1) is 11.6 Å². The Morgan fingerprint density at radius 1 is 1.32 bits per heavy atom. The lowest BCUT2D eigenvalue weighted by molar-refractivity contribution is 0.0929. The number of unbranched alkanes of at least 4 members (excludes halogenated alkanes) is 3. The summed E-state index contributed by atoms with van der Waals surface area (Å²) in [6.07, 6.45) is 3.13. The lowest BCUT2D eigenvalue weighted by Crippen LogP contribution is -2.33. The van der Waals surface area contributed by atoms with Crippen LogP contribution in [0.3, 0.4) is 0 Å². The van der Waals surface area contributed by atoms with Gasteiger partial charge < -0.3 is 9.47 Å². The third-order valence-electron chi connectivity index (χ3n) is 2.41. The molecule has 0 bridgehead atoms. The number of halogens is 1. The third kappa shape index (κ3) is 10.4. The van der Waals surface area contributed by atoms with E-state index in [-0.39, 0.29) is 6.00 Å². The predicted molar refractivity (Wildman–Crippen MR) is 73.1 cm³/mol. The van der Waals surface area contributed by atoms with Crippen molar-refractivity contribution in [1.29, 1.82) is 0 Å². The zero-order chi connectivity index (χ0) is 14.3. The van der Waals surface area contributed by atoms with Gasteiger partial charge in [-0.05, 0) is 18.4 Å². The fraction of sp³-hybridized carbons (Fsp3) is 0.909. The molecule has 0 radical (unpaired) electrons. The molecule has 110 valence electrons. The van der Waals surface area contributed by atoms with Gasteiger partial charge in [0.15, 0.2) is 0 Å². The van der Waals surface area contributed by atoms with Crippen LogP contribution in [0, 0.1) is 0 Å². The zero-order valence-electron chi connectivity index (χ0n) is 11.3. The van der Waals surface area contributed by atoms with Crippen molar-refractivity contribution in [2.24, 2.45) is 5.11 Å². The molecule has 0 rings (SSSR count). The van der Waals surface area contributed by atoms with Crippen molar-refractivity contribution in [3.8, 4) is 0 Å². The lowest BCUT2D eigenvalue weighted by atomic mass is 10.2. The average molecular weight is 293 g/mol. The second kappa shape index (κ2) is 13.3. The molecular formula is C11H21ClN4O3. The van der Waals surface area contributed by atoms with Gasteiger partial charge in [0.2, 0.25) is 0 Å². The fourth-order valence-electron chi connectivity index (χ4n) is 1.33. The number of rotatable bonds is 11. The number of alkyl halides is 1. The molecule has 0 aromatic heterocycles. The van der Waals surface area contributed by atoms with Crippen LogP contribution in [0.2, 0.25) is 0 Å². The van der Waals surface area contributed by atoms with E-state index < -0.39 is 6.09 Å². The molecular weight excluding hydrogens is 272 g/mol. The molecule has 0 aromatic rings. The number of methoxy groups -OCH3 is 1. The largest absolute Gasteiger partial charge is 0.449 e. The van der Waals surface area contributed by atoms with E-state index in [1.54, 1.807) is 7.11 Å². The Balaban J connectivity index is 3.52. The number of carbonyl (C=O) groups is 1. The maximum Gasteiger partial charge on any atom is 0.410 e. The normalized spacial score (nSPS) is 9.79. The van der Waals surface area contributed by atoms with E-state index in [4.69, 9.17) is 26.6 Å². The van der Waals surface area contributed by atoms with Crippen molar-refractivity contribution >= 4 is 17.7 Å². The second-order valence-electron chi connectivity index (χ2n) is 3.86. The van der Waals surface area contributed by atoms with E-state index in [1.165, 1.54) is 4.90 Å². The molecule has 0 fully saturated rings. The minimum Gasteiger partial charge on any atom is -0.449 e. The van der Waals surface area contributed by atoms with Gasteiger partial charge in [0.25, 0.3) is 0 Å². The van der Waals surface area contributed by atoms with Crippen molar-refractivity contribution in [2.75, 3.05) is 39.4 Å². The molecule has 8 heteroatoms. The Bertz CT molecular complexity index is 285. The van der Waals surface area contributed by atoms with Gasteiger partial charge in [0, 0.05) is 25.1 Å². The number of nitrogens with zero attached hydrogens (tertiary/aromatic N) is 4. The first-order valence-electron chi connectivity index (χ1n) is 6.23. The number of carbonyl (C=O) groups excluding carboxylic acids is 1. The van der Waals surface area contributed by atoms with Crippen LogP contribution < -0.4 is 0 Å². The van der Waals surface area contributed by atoms with Gasteiger partial charge in [-0.1, -0.05) is 18.0 Å². The molecule has 0 saturated carbocycles. The summed E-state index contributed by atoms with van der Waals surface area (Å²) < 4.78 is 9.96. The van der Waals surface area contributed by atoms with Crippen LogP contribution in [-0.4, -0.2) is 50.4 Å². The molecule has 0 atom stereocenters. The SMILES string of the molecule is COCCN(CCl)C(=O)OCCCCCCN=[N+]=[N-]. The summed E-state index contributed by atoms with van der Waals surface area (Å²) in [5.41, 5.74) is 8.08. The Morgan fingerprint density at radius 2 is 2.05 bits per heavy atom.